The topological polar surface area (TPSA) is 75.6 Å². The molecular formula is C18H18ClNO4. The van der Waals surface area contributed by atoms with Crippen LogP contribution >= 0.6 is 11.6 Å². The Kier molecular flexibility index (Phi) is 6.35. The number of amides is 1. The van der Waals surface area contributed by atoms with Gasteiger partial charge in [0.05, 0.1) is 7.11 Å². The molecule has 0 saturated heterocycles. The molecule has 0 unspecified atom stereocenters. The molecule has 2 N–H and O–H groups in total. The maximum atomic E-state index is 12.2. The van der Waals surface area contributed by atoms with Crippen LogP contribution in [0.4, 0.5) is 0 Å². The van der Waals surface area contributed by atoms with Gasteiger partial charge in [-0.15, -0.1) is 0 Å². The second-order valence-electron chi connectivity index (χ2n) is 5.23. The number of rotatable bonds is 6. The van der Waals surface area contributed by atoms with E-state index in [0.717, 1.165) is 5.56 Å². The van der Waals surface area contributed by atoms with Gasteiger partial charge in [-0.3, -0.25) is 4.79 Å². The fraction of sp³-hybridized carbons (Fsp3) is 0.222. The van der Waals surface area contributed by atoms with Crippen LogP contribution in [0.25, 0.3) is 0 Å². The van der Waals surface area contributed by atoms with Crippen LogP contribution in [-0.2, 0) is 20.7 Å². The smallest absolute Gasteiger partial charge is 0.328 e. The van der Waals surface area contributed by atoms with Crippen molar-refractivity contribution in [3.05, 3.63) is 70.7 Å². The fourth-order valence-electron chi connectivity index (χ4n) is 2.23. The average Bonchev–Trinajstić information content (AvgIpc) is 2.62. The van der Waals surface area contributed by atoms with Crippen molar-refractivity contribution in [1.82, 2.24) is 5.32 Å². The molecule has 6 heteroatoms. The molecule has 0 fully saturated rings. The molecule has 0 aliphatic heterocycles. The number of halogens is 1. The van der Waals surface area contributed by atoms with E-state index in [1.165, 1.54) is 7.11 Å². The van der Waals surface area contributed by atoms with Crippen LogP contribution in [0.5, 0.6) is 0 Å². The predicted octanol–water partition coefficient (Wildman–Crippen LogP) is 2.27. The molecule has 0 spiro atoms. The summed E-state index contributed by atoms with van der Waals surface area (Å²) in [5.74, 6) is -1.25. The van der Waals surface area contributed by atoms with Crippen LogP contribution in [0, 0.1) is 0 Å². The zero-order chi connectivity index (χ0) is 17.5. The van der Waals surface area contributed by atoms with Crippen molar-refractivity contribution in [2.24, 2.45) is 0 Å². The summed E-state index contributed by atoms with van der Waals surface area (Å²) in [4.78, 5) is 24.2. The van der Waals surface area contributed by atoms with Crippen molar-refractivity contribution in [2.75, 3.05) is 7.11 Å². The van der Waals surface area contributed by atoms with E-state index in [9.17, 15) is 14.7 Å². The summed E-state index contributed by atoms with van der Waals surface area (Å²) < 4.78 is 4.73. The lowest BCUT2D eigenvalue weighted by Crippen LogP contribution is -2.45. The van der Waals surface area contributed by atoms with E-state index in [1.54, 1.807) is 54.6 Å². The third kappa shape index (κ3) is 4.81. The van der Waals surface area contributed by atoms with Gasteiger partial charge in [0.2, 0.25) is 0 Å². The van der Waals surface area contributed by atoms with Crippen LogP contribution in [0.2, 0.25) is 5.02 Å². The number of benzene rings is 2. The molecule has 0 aromatic heterocycles. The largest absolute Gasteiger partial charge is 0.467 e. The van der Waals surface area contributed by atoms with Crippen LogP contribution in [-0.4, -0.2) is 30.1 Å². The molecule has 1 amide bonds. The van der Waals surface area contributed by atoms with Gasteiger partial charge >= 0.3 is 5.97 Å². The first-order valence-corrected chi connectivity index (χ1v) is 7.74. The first-order chi connectivity index (χ1) is 11.5. The maximum absolute atomic E-state index is 12.2. The van der Waals surface area contributed by atoms with Crippen molar-refractivity contribution < 1.29 is 19.4 Å². The fourth-order valence-corrected chi connectivity index (χ4v) is 2.36. The summed E-state index contributed by atoms with van der Waals surface area (Å²) in [6.45, 7) is 0. The zero-order valence-electron chi connectivity index (χ0n) is 13.1. The molecule has 5 nitrogen and oxygen atoms in total. The highest BCUT2D eigenvalue weighted by Crippen LogP contribution is 2.14. The summed E-state index contributed by atoms with van der Waals surface area (Å²) in [7, 11) is 1.25. The standard InChI is InChI=1S/C18H18ClNO4/c1-24-18(23)15(11-12-7-9-14(19)10-8-12)20-17(22)16(21)13-5-3-2-4-6-13/h2-10,15-16,21H,11H2,1H3,(H,20,22)/t15-,16+/m1/s1. The zero-order valence-corrected chi connectivity index (χ0v) is 13.9. The molecule has 2 atom stereocenters. The number of esters is 1. The van der Waals surface area contributed by atoms with Gasteiger partial charge in [0.1, 0.15) is 6.04 Å². The Hall–Kier alpha value is -2.37. The lowest BCUT2D eigenvalue weighted by Gasteiger charge is -2.19. The summed E-state index contributed by atoms with van der Waals surface area (Å²) in [6.07, 6.45) is -1.12. The highest BCUT2D eigenvalue weighted by Gasteiger charge is 2.26. The molecule has 0 saturated carbocycles. The number of nitrogens with one attached hydrogen (secondary N) is 1. The normalized spacial score (nSPS) is 13.0. The number of aliphatic hydroxyl groups is 1. The molecule has 0 radical (unpaired) electrons. The molecule has 2 aromatic carbocycles. The van der Waals surface area contributed by atoms with Gasteiger partial charge in [-0.05, 0) is 23.3 Å². The quantitative estimate of drug-likeness (QED) is 0.786. The highest BCUT2D eigenvalue weighted by molar-refractivity contribution is 6.30. The van der Waals surface area contributed by atoms with E-state index >= 15 is 0 Å². The SMILES string of the molecule is COC(=O)[C@@H](Cc1ccc(Cl)cc1)NC(=O)[C@@H](O)c1ccccc1. The van der Waals surface area contributed by atoms with Crippen LogP contribution in [0.3, 0.4) is 0 Å². The van der Waals surface area contributed by atoms with E-state index in [1.807, 2.05) is 0 Å². The summed E-state index contributed by atoms with van der Waals surface area (Å²) in [5, 5.41) is 13.2. The van der Waals surface area contributed by atoms with Crippen molar-refractivity contribution in [1.29, 1.82) is 0 Å². The van der Waals surface area contributed by atoms with Gasteiger partial charge in [0, 0.05) is 11.4 Å². The Morgan fingerprint density at radius 3 is 2.33 bits per heavy atom. The van der Waals surface area contributed by atoms with Gasteiger partial charge in [-0.2, -0.15) is 0 Å². The number of methoxy groups -OCH3 is 1. The molecule has 126 valence electrons. The van der Waals surface area contributed by atoms with E-state index in [4.69, 9.17) is 16.3 Å². The molecule has 2 rings (SSSR count). The van der Waals surface area contributed by atoms with Crippen molar-refractivity contribution in [2.45, 2.75) is 18.6 Å². The van der Waals surface area contributed by atoms with E-state index in [-0.39, 0.29) is 6.42 Å². The third-order valence-electron chi connectivity index (χ3n) is 3.52. The first kappa shape index (κ1) is 18.0. The monoisotopic (exact) mass is 347 g/mol. The van der Waals surface area contributed by atoms with Crippen molar-refractivity contribution >= 4 is 23.5 Å². The number of hydrogen-bond acceptors (Lipinski definition) is 4. The lowest BCUT2D eigenvalue weighted by atomic mass is 10.0. The van der Waals surface area contributed by atoms with Crippen LogP contribution in [0.1, 0.15) is 17.2 Å². The third-order valence-corrected chi connectivity index (χ3v) is 3.77. The van der Waals surface area contributed by atoms with Gasteiger partial charge < -0.3 is 15.2 Å². The number of carbonyl (C=O) groups excluding carboxylic acids is 2. The molecule has 0 heterocycles. The lowest BCUT2D eigenvalue weighted by molar-refractivity contribution is -0.146. The van der Waals surface area contributed by atoms with E-state index in [0.29, 0.717) is 10.6 Å². The first-order valence-electron chi connectivity index (χ1n) is 7.37. The number of aliphatic hydroxyl groups excluding tert-OH is 1. The molecule has 2 aromatic rings. The van der Waals surface area contributed by atoms with Gasteiger partial charge in [0.25, 0.3) is 5.91 Å². The molecular weight excluding hydrogens is 330 g/mol. The minimum Gasteiger partial charge on any atom is -0.467 e. The average molecular weight is 348 g/mol. The maximum Gasteiger partial charge on any atom is 0.328 e. The molecule has 0 bridgehead atoms. The Morgan fingerprint density at radius 2 is 1.75 bits per heavy atom. The minimum absolute atomic E-state index is 0.233. The number of ether oxygens (including phenoxy) is 1. The summed E-state index contributed by atoms with van der Waals surface area (Å²) in [6, 6.07) is 14.5. The Bertz CT molecular complexity index is 688. The molecule has 0 aliphatic carbocycles. The Balaban J connectivity index is 2.09. The minimum atomic E-state index is -1.36. The number of carbonyl (C=O) groups is 2. The van der Waals surface area contributed by atoms with Crippen LogP contribution in [0.15, 0.2) is 54.6 Å². The van der Waals surface area contributed by atoms with Gasteiger partial charge in [-0.1, -0.05) is 54.1 Å². The van der Waals surface area contributed by atoms with Gasteiger partial charge in [0.15, 0.2) is 6.10 Å². The summed E-state index contributed by atoms with van der Waals surface area (Å²) >= 11 is 5.84. The van der Waals surface area contributed by atoms with E-state index in [2.05, 4.69) is 5.32 Å². The van der Waals surface area contributed by atoms with E-state index < -0.39 is 24.0 Å². The van der Waals surface area contributed by atoms with Crippen molar-refractivity contribution in [3.8, 4) is 0 Å². The Labute approximate surface area is 145 Å². The van der Waals surface area contributed by atoms with Crippen molar-refractivity contribution in [3.63, 3.8) is 0 Å². The second kappa shape index (κ2) is 8.47. The van der Waals surface area contributed by atoms with Gasteiger partial charge in [-0.25, -0.2) is 4.79 Å². The van der Waals surface area contributed by atoms with Crippen LogP contribution < -0.4 is 5.32 Å². The Morgan fingerprint density at radius 1 is 1.12 bits per heavy atom. The summed E-state index contributed by atoms with van der Waals surface area (Å²) in [5.41, 5.74) is 1.26. The predicted molar refractivity (Wildman–Crippen MR) is 90.5 cm³/mol. The number of hydrogen-bond donors (Lipinski definition) is 2. The molecule has 0 aliphatic rings. The highest BCUT2D eigenvalue weighted by atomic mass is 35.5. The second-order valence-corrected chi connectivity index (χ2v) is 5.66. The molecule has 24 heavy (non-hydrogen) atoms.